The van der Waals surface area contributed by atoms with Crippen molar-refractivity contribution in [3.63, 3.8) is 0 Å². The Morgan fingerprint density at radius 2 is 2.21 bits per heavy atom. The number of ether oxygens (including phenoxy) is 1. The van der Waals surface area contributed by atoms with Crippen LogP contribution in [0.2, 0.25) is 0 Å². The molecule has 2 saturated carbocycles. The first kappa shape index (κ1) is 12.9. The highest BCUT2D eigenvalue weighted by Gasteiger charge is 2.62. The first-order chi connectivity index (χ1) is 8.99. The maximum absolute atomic E-state index is 9.38. The zero-order valence-corrected chi connectivity index (χ0v) is 12.0. The lowest BCUT2D eigenvalue weighted by Crippen LogP contribution is -2.39. The van der Waals surface area contributed by atoms with Crippen LogP contribution >= 0.6 is 0 Å². The van der Waals surface area contributed by atoms with Crippen molar-refractivity contribution in [1.29, 1.82) is 0 Å². The lowest BCUT2D eigenvalue weighted by atomic mass is 9.70. The summed E-state index contributed by atoms with van der Waals surface area (Å²) in [6.45, 7) is 7.13. The van der Waals surface area contributed by atoms with E-state index >= 15 is 0 Å². The van der Waals surface area contributed by atoms with Gasteiger partial charge in [0.05, 0.1) is 12.8 Å². The van der Waals surface area contributed by atoms with Crippen LogP contribution in [0.5, 0.6) is 5.75 Å². The zero-order chi connectivity index (χ0) is 13.7. The van der Waals surface area contributed by atoms with Crippen LogP contribution < -0.4 is 4.74 Å². The molecular weight excluding hydrogens is 238 g/mol. The van der Waals surface area contributed by atoms with Crippen molar-refractivity contribution < 1.29 is 9.84 Å². The Morgan fingerprint density at radius 1 is 1.42 bits per heavy atom. The van der Waals surface area contributed by atoms with E-state index in [0.717, 1.165) is 23.7 Å². The van der Waals surface area contributed by atoms with Crippen LogP contribution in [0, 0.1) is 16.7 Å². The van der Waals surface area contributed by atoms with Crippen molar-refractivity contribution in [3.05, 3.63) is 24.0 Å². The van der Waals surface area contributed by atoms with E-state index < -0.39 is 0 Å². The van der Waals surface area contributed by atoms with E-state index in [9.17, 15) is 5.11 Å². The summed E-state index contributed by atoms with van der Waals surface area (Å²) >= 11 is 0. The highest BCUT2D eigenvalue weighted by Crippen LogP contribution is 2.66. The van der Waals surface area contributed by atoms with Gasteiger partial charge in [-0.25, -0.2) is 0 Å². The molecule has 19 heavy (non-hydrogen) atoms. The number of hydrogen-bond donors (Lipinski definition) is 1. The molecule has 3 nitrogen and oxygen atoms in total. The molecule has 0 amide bonds. The van der Waals surface area contributed by atoms with Crippen LogP contribution in [0.3, 0.4) is 0 Å². The van der Waals surface area contributed by atoms with Crippen molar-refractivity contribution in [2.45, 2.75) is 52.7 Å². The van der Waals surface area contributed by atoms with Crippen molar-refractivity contribution in [3.8, 4) is 5.75 Å². The minimum atomic E-state index is 0.00804. The molecule has 1 heterocycles. The number of rotatable bonds is 3. The summed E-state index contributed by atoms with van der Waals surface area (Å²) in [5, 5.41) is 9.38. The summed E-state index contributed by atoms with van der Waals surface area (Å²) in [4.78, 5) is 4.12. The Labute approximate surface area is 115 Å². The van der Waals surface area contributed by atoms with Crippen LogP contribution in [0.1, 0.15) is 45.6 Å². The Balaban J connectivity index is 1.86. The average molecular weight is 261 g/mol. The van der Waals surface area contributed by atoms with Crippen molar-refractivity contribution >= 4 is 0 Å². The lowest BCUT2D eigenvalue weighted by molar-refractivity contribution is 0.0286. The van der Waals surface area contributed by atoms with Crippen molar-refractivity contribution in [2.75, 3.05) is 0 Å². The number of fused-ring (bicyclic) bond motifs is 2. The van der Waals surface area contributed by atoms with Gasteiger partial charge in [0.1, 0.15) is 11.9 Å². The van der Waals surface area contributed by atoms with Crippen LogP contribution in [-0.4, -0.2) is 16.2 Å². The summed E-state index contributed by atoms with van der Waals surface area (Å²) < 4.78 is 6.25. The number of nitrogens with zero attached hydrogens (tertiary/aromatic N) is 1. The van der Waals surface area contributed by atoms with E-state index in [-0.39, 0.29) is 18.1 Å². The van der Waals surface area contributed by atoms with Crippen molar-refractivity contribution in [1.82, 2.24) is 4.98 Å². The van der Waals surface area contributed by atoms with Gasteiger partial charge in [-0.3, -0.25) is 4.98 Å². The molecule has 3 heteroatoms. The second kappa shape index (κ2) is 4.20. The zero-order valence-electron chi connectivity index (χ0n) is 12.0. The summed E-state index contributed by atoms with van der Waals surface area (Å²) in [6.07, 6.45) is 7.37. The summed E-state index contributed by atoms with van der Waals surface area (Å²) in [6, 6.07) is 1.83. The van der Waals surface area contributed by atoms with Gasteiger partial charge < -0.3 is 9.84 Å². The maximum Gasteiger partial charge on any atom is 0.143 e. The predicted molar refractivity (Wildman–Crippen MR) is 73.8 cm³/mol. The molecule has 1 aromatic rings. The van der Waals surface area contributed by atoms with Gasteiger partial charge in [0.25, 0.3) is 0 Å². The number of pyridine rings is 1. The fraction of sp³-hybridized carbons (Fsp3) is 0.688. The monoisotopic (exact) mass is 261 g/mol. The van der Waals surface area contributed by atoms with Gasteiger partial charge in [-0.05, 0) is 36.7 Å². The molecule has 0 radical (unpaired) electrons. The van der Waals surface area contributed by atoms with E-state index in [1.807, 2.05) is 6.07 Å². The molecule has 2 aliphatic rings. The molecule has 0 spiro atoms. The molecule has 0 saturated heterocycles. The van der Waals surface area contributed by atoms with E-state index in [2.05, 4.69) is 25.8 Å². The van der Waals surface area contributed by atoms with Crippen LogP contribution in [0.4, 0.5) is 0 Å². The second-order valence-corrected chi connectivity index (χ2v) is 6.86. The molecule has 3 rings (SSSR count). The minimum Gasteiger partial charge on any atom is -0.488 e. The maximum atomic E-state index is 9.38. The van der Waals surface area contributed by atoms with Crippen molar-refractivity contribution in [2.24, 2.45) is 16.7 Å². The molecule has 104 valence electrons. The topological polar surface area (TPSA) is 42.4 Å². The quantitative estimate of drug-likeness (QED) is 0.908. The first-order valence-electron chi connectivity index (χ1n) is 7.19. The first-order valence-corrected chi connectivity index (χ1v) is 7.19. The third-order valence-electron chi connectivity index (χ3n) is 6.02. The highest BCUT2D eigenvalue weighted by molar-refractivity contribution is 5.30. The molecular formula is C16H23NO2. The van der Waals surface area contributed by atoms with E-state index in [4.69, 9.17) is 4.74 Å². The predicted octanol–water partition coefficient (Wildman–Crippen LogP) is 3.17. The molecule has 2 fully saturated rings. The van der Waals surface area contributed by atoms with E-state index in [1.54, 1.807) is 12.4 Å². The number of aromatic nitrogens is 1. The van der Waals surface area contributed by atoms with Gasteiger partial charge in [0.2, 0.25) is 0 Å². The van der Waals surface area contributed by atoms with Crippen LogP contribution in [-0.2, 0) is 6.61 Å². The van der Waals surface area contributed by atoms with Gasteiger partial charge in [-0.2, -0.15) is 0 Å². The highest BCUT2D eigenvalue weighted by atomic mass is 16.5. The largest absolute Gasteiger partial charge is 0.488 e. The van der Waals surface area contributed by atoms with Gasteiger partial charge in [-0.15, -0.1) is 0 Å². The molecule has 2 bridgehead atoms. The Kier molecular flexibility index (Phi) is 2.86. The van der Waals surface area contributed by atoms with Crippen LogP contribution in [0.25, 0.3) is 0 Å². The average Bonchev–Trinajstić information content (AvgIpc) is 2.72. The minimum absolute atomic E-state index is 0.00804. The van der Waals surface area contributed by atoms with Crippen LogP contribution in [0.15, 0.2) is 18.5 Å². The lowest BCUT2D eigenvalue weighted by Gasteiger charge is -2.39. The number of hydrogen-bond acceptors (Lipinski definition) is 3. The fourth-order valence-corrected chi connectivity index (χ4v) is 4.11. The number of aliphatic hydroxyl groups is 1. The molecule has 0 aromatic carbocycles. The van der Waals surface area contributed by atoms with Gasteiger partial charge >= 0.3 is 0 Å². The standard InChI is InChI=1S/C16H23NO2/c1-15(2)12-4-6-16(15,3)14(8-12)19-13-9-17-7-5-11(13)10-18/h5,7,9,12,14,18H,4,6,8,10H2,1-3H3. The Hall–Kier alpha value is -1.09. The fourth-order valence-electron chi connectivity index (χ4n) is 4.11. The Morgan fingerprint density at radius 3 is 2.79 bits per heavy atom. The van der Waals surface area contributed by atoms with Gasteiger partial charge in [-0.1, -0.05) is 20.8 Å². The Bertz CT molecular complexity index is 485. The third kappa shape index (κ3) is 1.71. The van der Waals surface area contributed by atoms with Gasteiger partial charge in [0, 0.05) is 17.2 Å². The summed E-state index contributed by atoms with van der Waals surface area (Å²) in [5.74, 6) is 1.51. The third-order valence-corrected chi connectivity index (χ3v) is 6.02. The normalized spacial score (nSPS) is 35.6. The molecule has 1 N–H and O–H groups in total. The number of aliphatic hydroxyl groups excluding tert-OH is 1. The SMILES string of the molecule is CC1(C)C2CCC1(C)C(Oc1cnccc1CO)C2. The smallest absolute Gasteiger partial charge is 0.143 e. The van der Waals surface area contributed by atoms with E-state index in [0.29, 0.717) is 5.41 Å². The van der Waals surface area contributed by atoms with E-state index in [1.165, 1.54) is 12.8 Å². The van der Waals surface area contributed by atoms with Gasteiger partial charge in [0.15, 0.2) is 0 Å². The molecule has 1 aromatic heterocycles. The second-order valence-electron chi connectivity index (χ2n) is 6.86. The molecule has 3 atom stereocenters. The molecule has 3 unspecified atom stereocenters. The molecule has 2 aliphatic carbocycles. The summed E-state index contributed by atoms with van der Waals surface area (Å²) in [7, 11) is 0. The molecule has 0 aliphatic heterocycles. The summed E-state index contributed by atoms with van der Waals surface area (Å²) in [5.41, 5.74) is 1.42.